The van der Waals surface area contributed by atoms with E-state index in [0.29, 0.717) is 0 Å². The number of aryl methyl sites for hydroxylation is 1. The Morgan fingerprint density at radius 3 is 2.52 bits per heavy atom. The van der Waals surface area contributed by atoms with Crippen LogP contribution in [0.4, 0.5) is 13.2 Å². The predicted molar refractivity (Wildman–Crippen MR) is 71.9 cm³/mol. The number of piperidine rings is 1. The molecule has 2 rings (SSSR count). The largest absolute Gasteiger partial charge is 0.481 e. The highest BCUT2D eigenvalue weighted by Crippen LogP contribution is 2.36. The number of hydrogen-bond acceptors (Lipinski definition) is 4. The molecule has 0 bridgehead atoms. The summed E-state index contributed by atoms with van der Waals surface area (Å²) in [5.41, 5.74) is -1.50. The third-order valence-electron chi connectivity index (χ3n) is 3.82. The van der Waals surface area contributed by atoms with Crippen LogP contribution in [0.2, 0.25) is 0 Å². The van der Waals surface area contributed by atoms with Gasteiger partial charge >= 0.3 is 12.1 Å². The molecule has 1 aromatic heterocycles. The van der Waals surface area contributed by atoms with Crippen molar-refractivity contribution in [2.24, 2.45) is 13.0 Å². The van der Waals surface area contributed by atoms with Crippen LogP contribution in [-0.2, 0) is 28.0 Å². The molecule has 0 saturated carbocycles. The van der Waals surface area contributed by atoms with Crippen LogP contribution >= 0.6 is 0 Å². The molecule has 7 nitrogen and oxygen atoms in total. The first-order chi connectivity index (χ1) is 10.4. The third-order valence-corrected chi connectivity index (χ3v) is 5.81. The highest BCUT2D eigenvalue weighted by molar-refractivity contribution is 7.89. The minimum Gasteiger partial charge on any atom is -0.481 e. The van der Waals surface area contributed by atoms with Gasteiger partial charge in [0.15, 0.2) is 5.69 Å². The molecule has 23 heavy (non-hydrogen) atoms. The number of aromatic nitrogens is 2. The van der Waals surface area contributed by atoms with Gasteiger partial charge in [-0.1, -0.05) is 0 Å². The summed E-state index contributed by atoms with van der Waals surface area (Å²) in [5.74, 6) is -2.11. The number of hydrogen-bond donors (Lipinski definition) is 1. The van der Waals surface area contributed by atoms with E-state index in [1.807, 2.05) is 0 Å². The monoisotopic (exact) mass is 355 g/mol. The lowest BCUT2D eigenvalue weighted by atomic mass is 9.96. The number of carbonyl (C=O) groups is 1. The molecule has 2 heterocycles. The number of aliphatic carboxylic acids is 1. The highest BCUT2D eigenvalue weighted by atomic mass is 32.2. The molecule has 130 valence electrons. The quantitative estimate of drug-likeness (QED) is 0.883. The van der Waals surface area contributed by atoms with Gasteiger partial charge in [0.25, 0.3) is 0 Å². The van der Waals surface area contributed by atoms with E-state index in [9.17, 15) is 26.4 Å². The van der Waals surface area contributed by atoms with Gasteiger partial charge in [0, 0.05) is 25.8 Å². The number of halogens is 3. The summed E-state index contributed by atoms with van der Waals surface area (Å²) in [6, 6.07) is -0.586. The van der Waals surface area contributed by atoms with Gasteiger partial charge < -0.3 is 5.11 Å². The molecular weight excluding hydrogens is 339 g/mol. The van der Waals surface area contributed by atoms with E-state index < -0.39 is 44.7 Å². The molecular formula is C12H16F3N3O4S. The Hall–Kier alpha value is -1.62. The molecule has 1 aliphatic rings. The van der Waals surface area contributed by atoms with Gasteiger partial charge in [-0.3, -0.25) is 9.48 Å². The van der Waals surface area contributed by atoms with E-state index in [-0.39, 0.29) is 19.4 Å². The van der Waals surface area contributed by atoms with Crippen molar-refractivity contribution < 1.29 is 31.5 Å². The van der Waals surface area contributed by atoms with E-state index in [0.717, 1.165) is 15.2 Å². The Labute approximate surface area is 130 Å². The molecule has 2 atom stereocenters. The zero-order valence-electron chi connectivity index (χ0n) is 12.4. The summed E-state index contributed by atoms with van der Waals surface area (Å²) in [4.78, 5) is 10.1. The smallest absolute Gasteiger partial charge is 0.436 e. The van der Waals surface area contributed by atoms with Crippen LogP contribution < -0.4 is 0 Å². The fourth-order valence-electron chi connectivity index (χ4n) is 2.59. The Bertz CT molecular complexity index is 714. The summed E-state index contributed by atoms with van der Waals surface area (Å²) in [6.45, 7) is 1.18. The lowest BCUT2D eigenvalue weighted by Crippen LogP contribution is -2.47. The van der Waals surface area contributed by atoms with Crippen molar-refractivity contribution in [1.29, 1.82) is 0 Å². The van der Waals surface area contributed by atoms with Crippen LogP contribution in [0.5, 0.6) is 0 Å². The average Bonchev–Trinajstić information content (AvgIpc) is 2.81. The summed E-state index contributed by atoms with van der Waals surface area (Å²) >= 11 is 0. The second-order valence-electron chi connectivity index (χ2n) is 5.55. The molecule has 0 radical (unpaired) electrons. The first kappa shape index (κ1) is 17.7. The normalized spacial score (nSPS) is 23.9. The molecule has 0 aromatic carbocycles. The van der Waals surface area contributed by atoms with Gasteiger partial charge in [0.1, 0.15) is 4.90 Å². The van der Waals surface area contributed by atoms with Crippen molar-refractivity contribution in [2.45, 2.75) is 36.9 Å². The number of sulfonamides is 1. The van der Waals surface area contributed by atoms with Crippen LogP contribution in [-0.4, -0.2) is 46.2 Å². The summed E-state index contributed by atoms with van der Waals surface area (Å²) < 4.78 is 65.9. The molecule has 0 amide bonds. The standard InChI is InChI=1S/C12H16F3N3O4S/c1-7-3-4-8(11(19)20)5-18(7)23(21,22)9-6-17(2)16-10(9)12(13,14)15/h6-8H,3-5H2,1-2H3,(H,19,20). The minimum absolute atomic E-state index is 0.262. The predicted octanol–water partition coefficient (Wildman–Crippen LogP) is 1.31. The number of alkyl halides is 3. The molecule has 1 aliphatic heterocycles. The zero-order chi connectivity index (χ0) is 17.6. The fraction of sp³-hybridized carbons (Fsp3) is 0.667. The van der Waals surface area contributed by atoms with E-state index in [1.165, 1.54) is 7.05 Å². The SMILES string of the molecule is CC1CCC(C(=O)O)CN1S(=O)(=O)c1cn(C)nc1C(F)(F)F. The average molecular weight is 355 g/mol. The van der Waals surface area contributed by atoms with Gasteiger partial charge in [0.2, 0.25) is 10.0 Å². The van der Waals surface area contributed by atoms with Crippen LogP contribution in [0.1, 0.15) is 25.5 Å². The van der Waals surface area contributed by atoms with Crippen LogP contribution in [0.3, 0.4) is 0 Å². The third kappa shape index (κ3) is 3.34. The fourth-order valence-corrected chi connectivity index (χ4v) is 4.48. The van der Waals surface area contributed by atoms with Crippen molar-refractivity contribution in [3.63, 3.8) is 0 Å². The summed E-state index contributed by atoms with van der Waals surface area (Å²) in [7, 11) is -3.32. The Morgan fingerprint density at radius 2 is 2.00 bits per heavy atom. The first-order valence-corrected chi connectivity index (χ1v) is 8.24. The van der Waals surface area contributed by atoms with Gasteiger partial charge in [-0.15, -0.1) is 0 Å². The molecule has 1 saturated heterocycles. The van der Waals surface area contributed by atoms with E-state index in [4.69, 9.17) is 5.11 Å². The van der Waals surface area contributed by atoms with Gasteiger partial charge in [0.05, 0.1) is 5.92 Å². The van der Waals surface area contributed by atoms with Crippen molar-refractivity contribution in [3.05, 3.63) is 11.9 Å². The minimum atomic E-state index is -4.92. The van der Waals surface area contributed by atoms with E-state index in [2.05, 4.69) is 5.10 Å². The topological polar surface area (TPSA) is 92.5 Å². The maximum Gasteiger partial charge on any atom is 0.436 e. The van der Waals surface area contributed by atoms with Gasteiger partial charge in [-0.2, -0.15) is 22.6 Å². The second-order valence-corrected chi connectivity index (χ2v) is 7.41. The zero-order valence-corrected chi connectivity index (χ0v) is 13.2. The van der Waals surface area contributed by atoms with Crippen LogP contribution in [0.15, 0.2) is 11.1 Å². The molecule has 1 N–H and O–H groups in total. The Morgan fingerprint density at radius 1 is 1.39 bits per heavy atom. The molecule has 11 heteroatoms. The lowest BCUT2D eigenvalue weighted by molar-refractivity contribution is -0.144. The molecule has 0 aliphatic carbocycles. The Kier molecular flexibility index (Phi) is 4.46. The highest BCUT2D eigenvalue weighted by Gasteiger charge is 2.45. The van der Waals surface area contributed by atoms with Gasteiger partial charge in [-0.05, 0) is 19.8 Å². The van der Waals surface area contributed by atoms with Crippen LogP contribution in [0.25, 0.3) is 0 Å². The Balaban J connectivity index is 2.47. The van der Waals surface area contributed by atoms with Crippen molar-refractivity contribution in [1.82, 2.24) is 14.1 Å². The summed E-state index contributed by atoms with van der Waals surface area (Å²) in [6.07, 6.45) is -3.59. The van der Waals surface area contributed by atoms with Crippen molar-refractivity contribution in [2.75, 3.05) is 6.54 Å². The van der Waals surface area contributed by atoms with E-state index >= 15 is 0 Å². The maximum absolute atomic E-state index is 13.0. The molecule has 2 unspecified atom stereocenters. The second kappa shape index (κ2) is 5.78. The molecule has 1 aromatic rings. The lowest BCUT2D eigenvalue weighted by Gasteiger charge is -2.35. The number of carboxylic acids is 1. The first-order valence-electron chi connectivity index (χ1n) is 6.80. The van der Waals surface area contributed by atoms with Gasteiger partial charge in [-0.25, -0.2) is 8.42 Å². The number of nitrogens with zero attached hydrogens (tertiary/aromatic N) is 3. The van der Waals surface area contributed by atoms with E-state index in [1.54, 1.807) is 6.92 Å². The summed E-state index contributed by atoms with van der Waals surface area (Å²) in [5, 5.41) is 12.2. The maximum atomic E-state index is 13.0. The van der Waals surface area contributed by atoms with Crippen LogP contribution in [0, 0.1) is 5.92 Å². The van der Waals surface area contributed by atoms with Crippen molar-refractivity contribution in [3.8, 4) is 0 Å². The molecule has 1 fully saturated rings. The number of rotatable bonds is 3. The van der Waals surface area contributed by atoms with Crippen molar-refractivity contribution >= 4 is 16.0 Å². The molecule has 0 spiro atoms. The number of carboxylic acid groups (broad SMARTS) is 1.